The number of sulfonamides is 1. The maximum atomic E-state index is 14.0. The summed E-state index contributed by atoms with van der Waals surface area (Å²) in [5.74, 6) is -2.54. The lowest BCUT2D eigenvalue weighted by Crippen LogP contribution is -2.55. The van der Waals surface area contributed by atoms with E-state index in [9.17, 15) is 40.3 Å². The number of rotatable bonds is 8. The largest absolute Gasteiger partial charge is 0.416 e. The van der Waals surface area contributed by atoms with Crippen LogP contribution in [0.3, 0.4) is 0 Å². The fourth-order valence-corrected chi connectivity index (χ4v) is 6.73. The van der Waals surface area contributed by atoms with Crippen LogP contribution in [0.4, 0.5) is 22.0 Å². The van der Waals surface area contributed by atoms with Crippen molar-refractivity contribution in [3.8, 4) is 0 Å². The number of allylic oxidation sites excluding steroid dienone is 1. The van der Waals surface area contributed by atoms with E-state index < -0.39 is 57.5 Å². The number of alkyl halides is 3. The molecule has 0 saturated heterocycles. The van der Waals surface area contributed by atoms with Gasteiger partial charge in [0, 0.05) is 26.2 Å². The molecule has 7 nitrogen and oxygen atoms in total. The van der Waals surface area contributed by atoms with Crippen molar-refractivity contribution in [2.75, 3.05) is 19.3 Å². The number of aliphatic hydroxyl groups is 1. The Balaban J connectivity index is 1.95. The summed E-state index contributed by atoms with van der Waals surface area (Å²) in [6, 6.07) is 4.08. The molecule has 1 unspecified atom stereocenters. The maximum Gasteiger partial charge on any atom is 0.416 e. The van der Waals surface area contributed by atoms with Crippen molar-refractivity contribution >= 4 is 15.9 Å². The van der Waals surface area contributed by atoms with Gasteiger partial charge in [-0.15, -0.1) is 0 Å². The third kappa shape index (κ3) is 11.2. The topological polar surface area (TPSA) is 98.7 Å². The van der Waals surface area contributed by atoms with Gasteiger partial charge in [0.25, 0.3) is 0 Å². The van der Waals surface area contributed by atoms with Crippen LogP contribution in [-0.4, -0.2) is 61.3 Å². The molecule has 1 amide bonds. The van der Waals surface area contributed by atoms with E-state index in [0.29, 0.717) is 49.3 Å². The van der Waals surface area contributed by atoms with E-state index in [0.717, 1.165) is 35.0 Å². The number of benzene rings is 2. The Hall–Kier alpha value is -2.87. The average Bonchev–Trinajstić information content (AvgIpc) is 2.95. The molecule has 250 valence electrons. The Morgan fingerprint density at radius 3 is 2.40 bits per heavy atom. The molecule has 3 rings (SSSR count). The summed E-state index contributed by atoms with van der Waals surface area (Å²) in [7, 11) is -2.49. The molecule has 0 spiro atoms. The molecule has 0 aromatic heterocycles. The number of hydrogen-bond donors (Lipinski definition) is 3. The lowest BCUT2D eigenvalue weighted by molar-refractivity contribution is -0.137. The molecule has 0 aliphatic carbocycles. The van der Waals surface area contributed by atoms with Crippen molar-refractivity contribution in [1.29, 1.82) is 0 Å². The first-order valence-electron chi connectivity index (χ1n) is 15.1. The van der Waals surface area contributed by atoms with Crippen LogP contribution in [0.5, 0.6) is 0 Å². The molecule has 2 aromatic rings. The molecule has 1 heterocycles. The predicted octanol–water partition coefficient (Wildman–Crippen LogP) is 5.26. The molecule has 2 aromatic carbocycles. The van der Waals surface area contributed by atoms with Crippen molar-refractivity contribution < 1.29 is 40.3 Å². The van der Waals surface area contributed by atoms with E-state index in [1.54, 1.807) is 12.2 Å². The van der Waals surface area contributed by atoms with Gasteiger partial charge in [0.05, 0.1) is 23.5 Å². The van der Waals surface area contributed by atoms with Crippen LogP contribution in [0, 0.1) is 11.6 Å². The normalized spacial score (nSPS) is 21.0. The number of amides is 1. The van der Waals surface area contributed by atoms with Crippen molar-refractivity contribution in [2.45, 2.75) is 89.2 Å². The number of aliphatic hydroxyl groups excluding tert-OH is 1. The maximum absolute atomic E-state index is 14.0. The number of carbonyl (C=O) groups is 1. The molecule has 0 radical (unpaired) electrons. The highest BCUT2D eigenvalue weighted by molar-refractivity contribution is 7.89. The lowest BCUT2D eigenvalue weighted by atomic mass is 9.97. The summed E-state index contributed by atoms with van der Waals surface area (Å²) in [5, 5.41) is 16.8. The summed E-state index contributed by atoms with van der Waals surface area (Å²) in [6.45, 7) is 1.75. The van der Waals surface area contributed by atoms with Gasteiger partial charge in [0.15, 0.2) is 0 Å². The van der Waals surface area contributed by atoms with E-state index in [4.69, 9.17) is 0 Å². The zero-order valence-corrected chi connectivity index (χ0v) is 26.4. The van der Waals surface area contributed by atoms with Gasteiger partial charge in [-0.25, -0.2) is 17.2 Å². The number of aryl methyl sites for hydroxylation is 1. The molecule has 0 fully saturated rings. The summed E-state index contributed by atoms with van der Waals surface area (Å²) >= 11 is 0. The van der Waals surface area contributed by atoms with Crippen molar-refractivity contribution in [3.05, 3.63) is 82.4 Å². The minimum atomic E-state index is -4.53. The number of nitrogens with zero attached hydrogens (tertiary/aromatic N) is 1. The number of halogens is 5. The molecule has 0 bridgehead atoms. The SMILES string of the molecule is CCCCCS(=O)(=O)N(C)C1CC=CCCCc2ccc(C(F)(F)F)cc2CNC[C@@H](O)[C@H](Cc2cc(F)cc(F)c2)NC1=O. The minimum Gasteiger partial charge on any atom is -0.390 e. The Kier molecular flexibility index (Phi) is 13.5. The van der Waals surface area contributed by atoms with Gasteiger partial charge >= 0.3 is 6.18 Å². The zero-order valence-electron chi connectivity index (χ0n) is 25.5. The van der Waals surface area contributed by atoms with E-state index in [1.807, 2.05) is 6.92 Å². The van der Waals surface area contributed by atoms with Crippen LogP contribution >= 0.6 is 0 Å². The van der Waals surface area contributed by atoms with Gasteiger partial charge in [-0.3, -0.25) is 4.79 Å². The molecule has 3 N–H and O–H groups in total. The zero-order chi connectivity index (χ0) is 33.2. The Bertz CT molecular complexity index is 1400. The number of unbranched alkanes of at least 4 members (excludes halogenated alkanes) is 2. The van der Waals surface area contributed by atoms with Crippen molar-refractivity contribution in [1.82, 2.24) is 14.9 Å². The molecule has 3 atom stereocenters. The van der Waals surface area contributed by atoms with E-state index in [1.165, 1.54) is 13.1 Å². The molecular formula is C32H42F5N3O4S. The van der Waals surface area contributed by atoms with Gasteiger partial charge in [0.1, 0.15) is 17.7 Å². The number of β-amino-alcohol motifs (C(OH)–C–C–N with tert-alkyl or cyclic N) is 1. The van der Waals surface area contributed by atoms with Crippen molar-refractivity contribution in [3.63, 3.8) is 0 Å². The third-order valence-corrected chi connectivity index (χ3v) is 9.84. The van der Waals surface area contributed by atoms with E-state index in [2.05, 4.69) is 10.6 Å². The smallest absolute Gasteiger partial charge is 0.390 e. The second-order valence-electron chi connectivity index (χ2n) is 11.4. The second kappa shape index (κ2) is 16.6. The first kappa shape index (κ1) is 36.6. The minimum absolute atomic E-state index is 0.0111. The monoisotopic (exact) mass is 659 g/mol. The number of carbonyl (C=O) groups excluding carboxylic acids is 1. The first-order chi connectivity index (χ1) is 21.2. The van der Waals surface area contributed by atoms with Crippen LogP contribution in [0.1, 0.15) is 67.7 Å². The predicted molar refractivity (Wildman–Crippen MR) is 163 cm³/mol. The molecule has 1 aliphatic heterocycles. The summed E-state index contributed by atoms with van der Waals surface area (Å²) in [4.78, 5) is 13.7. The molecule has 45 heavy (non-hydrogen) atoms. The molecule has 0 saturated carbocycles. The number of likely N-dealkylation sites (N-methyl/N-ethyl adjacent to an activating group) is 1. The van der Waals surface area contributed by atoms with Gasteiger partial charge in [-0.2, -0.15) is 17.5 Å². The summed E-state index contributed by atoms with van der Waals surface area (Å²) in [6.07, 6.45) is 0.995. The summed E-state index contributed by atoms with van der Waals surface area (Å²) in [5.41, 5.74) is 0.469. The lowest BCUT2D eigenvalue weighted by Gasteiger charge is -2.30. The van der Waals surface area contributed by atoms with Crippen LogP contribution in [-0.2, 0) is 40.4 Å². The van der Waals surface area contributed by atoms with Gasteiger partial charge in [0.2, 0.25) is 15.9 Å². The van der Waals surface area contributed by atoms with Crippen LogP contribution in [0.25, 0.3) is 0 Å². The quantitative estimate of drug-likeness (QED) is 0.204. The number of nitrogens with one attached hydrogen (secondary N) is 2. The number of fused-ring (bicyclic) bond motifs is 1. The average molecular weight is 660 g/mol. The summed E-state index contributed by atoms with van der Waals surface area (Å²) < 4.78 is 95.6. The highest BCUT2D eigenvalue weighted by atomic mass is 32.2. The molecule has 1 aliphatic rings. The fraction of sp³-hybridized carbons (Fsp3) is 0.531. The number of hydrogen-bond acceptors (Lipinski definition) is 5. The van der Waals surface area contributed by atoms with Gasteiger partial charge in [-0.1, -0.05) is 38.0 Å². The Morgan fingerprint density at radius 2 is 1.73 bits per heavy atom. The fourth-order valence-electron chi connectivity index (χ4n) is 5.30. The van der Waals surface area contributed by atoms with E-state index in [-0.39, 0.29) is 37.2 Å². The highest BCUT2D eigenvalue weighted by Gasteiger charge is 2.34. The highest BCUT2D eigenvalue weighted by Crippen LogP contribution is 2.31. The Labute approximate surface area is 261 Å². The van der Waals surface area contributed by atoms with Crippen molar-refractivity contribution in [2.24, 2.45) is 0 Å². The van der Waals surface area contributed by atoms with Gasteiger partial charge in [-0.05, 0) is 79.5 Å². The third-order valence-electron chi connectivity index (χ3n) is 7.90. The van der Waals surface area contributed by atoms with Gasteiger partial charge < -0.3 is 15.7 Å². The van der Waals surface area contributed by atoms with Crippen LogP contribution < -0.4 is 10.6 Å². The molecular weight excluding hydrogens is 617 g/mol. The standard InChI is InChI=1S/C32H42F5N3O4S/c1-3-4-9-14-45(43,44)40(2)29-11-8-6-5-7-10-23-12-13-25(32(35,36)37)18-24(23)20-38-21-30(41)28(39-31(29)42)17-22-15-26(33)19-27(34)16-22/h6,8,12-13,15-16,18-19,28-30,38,41H,3-5,7,9-11,14,17,20-21H2,1-2H3,(H,39,42)/t28-,29?,30+/m0/s1. The molecule has 13 heteroatoms. The van der Waals surface area contributed by atoms with E-state index >= 15 is 0 Å². The van der Waals surface area contributed by atoms with Crippen LogP contribution in [0.2, 0.25) is 0 Å². The first-order valence-corrected chi connectivity index (χ1v) is 16.8. The van der Waals surface area contributed by atoms with Crippen LogP contribution in [0.15, 0.2) is 48.6 Å². The Morgan fingerprint density at radius 1 is 1.02 bits per heavy atom. The second-order valence-corrected chi connectivity index (χ2v) is 13.6.